The Morgan fingerprint density at radius 1 is 1.58 bits per heavy atom. The van der Waals surface area contributed by atoms with E-state index >= 15 is 0 Å². The molecule has 12 heavy (non-hydrogen) atoms. The van der Waals surface area contributed by atoms with Gasteiger partial charge in [-0.3, -0.25) is 0 Å². The van der Waals surface area contributed by atoms with Crippen LogP contribution >= 0.6 is 0 Å². The molecule has 0 aromatic rings. The van der Waals surface area contributed by atoms with Gasteiger partial charge in [-0.05, 0) is 30.9 Å². The summed E-state index contributed by atoms with van der Waals surface area (Å²) in [6, 6.07) is 0. The largest absolute Gasteiger partial charge is 0.207 e. The van der Waals surface area contributed by atoms with Crippen molar-refractivity contribution in [2.24, 2.45) is 5.92 Å². The van der Waals surface area contributed by atoms with Gasteiger partial charge in [0.05, 0.1) is 0 Å². The van der Waals surface area contributed by atoms with Crippen molar-refractivity contribution >= 4 is 0 Å². The average Bonchev–Trinajstić information content (AvgIpc) is 2.06. The van der Waals surface area contributed by atoms with E-state index in [1.165, 1.54) is 11.6 Å². The maximum Gasteiger partial charge on any atom is 0.119 e. The average molecular weight is 166 g/mol. The van der Waals surface area contributed by atoms with Crippen LogP contribution in [-0.4, -0.2) is 0 Å². The summed E-state index contributed by atoms with van der Waals surface area (Å²) in [5.74, 6) is 0.360. The molecule has 1 aliphatic carbocycles. The van der Waals surface area contributed by atoms with E-state index < -0.39 is 0 Å². The summed E-state index contributed by atoms with van der Waals surface area (Å²) in [5, 5.41) is 0. The Labute approximate surface area is 73.5 Å². The lowest BCUT2D eigenvalue weighted by Gasteiger charge is -2.12. The minimum atomic E-state index is -0.117. The normalized spacial score (nSPS) is 24.1. The highest BCUT2D eigenvalue weighted by atomic mass is 19.1. The summed E-state index contributed by atoms with van der Waals surface area (Å²) in [6.45, 7) is 4.27. The van der Waals surface area contributed by atoms with Crippen molar-refractivity contribution in [2.45, 2.75) is 26.7 Å². The first kappa shape index (κ1) is 9.24. The minimum Gasteiger partial charge on any atom is -0.207 e. The predicted molar refractivity (Wildman–Crippen MR) is 50.5 cm³/mol. The van der Waals surface area contributed by atoms with Gasteiger partial charge >= 0.3 is 0 Å². The smallest absolute Gasteiger partial charge is 0.119 e. The topological polar surface area (TPSA) is 0 Å². The molecule has 0 heterocycles. The van der Waals surface area contributed by atoms with Gasteiger partial charge in [0.15, 0.2) is 0 Å². The van der Waals surface area contributed by atoms with Gasteiger partial charge in [-0.1, -0.05) is 31.6 Å². The molecular weight excluding hydrogens is 151 g/mol. The molecule has 0 spiro atoms. The Balaban J connectivity index is 2.81. The molecule has 0 aromatic heterocycles. The fraction of sp³-hybridized carbons (Fsp3) is 0.455. The lowest BCUT2D eigenvalue weighted by atomic mass is 9.94. The van der Waals surface area contributed by atoms with Crippen molar-refractivity contribution in [2.75, 3.05) is 0 Å². The molecule has 0 amide bonds. The second-order valence-corrected chi connectivity index (χ2v) is 3.18. The molecule has 0 radical (unpaired) electrons. The van der Waals surface area contributed by atoms with Crippen LogP contribution in [0.15, 0.2) is 35.7 Å². The van der Waals surface area contributed by atoms with E-state index in [0.717, 1.165) is 12.8 Å². The Morgan fingerprint density at radius 2 is 2.33 bits per heavy atom. The highest BCUT2D eigenvalue weighted by Gasteiger charge is 2.06. The maximum absolute atomic E-state index is 12.8. The molecule has 0 aromatic carbocycles. The van der Waals surface area contributed by atoms with Crippen LogP contribution < -0.4 is 0 Å². The van der Waals surface area contributed by atoms with Crippen molar-refractivity contribution < 1.29 is 4.39 Å². The number of rotatable bonds is 1. The SMILES string of the molecule is CCC1=CC=CC(F)=CCC1C. The van der Waals surface area contributed by atoms with Crippen LogP contribution in [0.5, 0.6) is 0 Å². The zero-order chi connectivity index (χ0) is 8.97. The number of hydrogen-bond acceptors (Lipinski definition) is 0. The third-order valence-electron chi connectivity index (χ3n) is 2.27. The third kappa shape index (κ3) is 2.33. The van der Waals surface area contributed by atoms with E-state index in [2.05, 4.69) is 13.8 Å². The van der Waals surface area contributed by atoms with Crippen molar-refractivity contribution in [3.8, 4) is 0 Å². The fourth-order valence-corrected chi connectivity index (χ4v) is 1.40. The predicted octanol–water partition coefficient (Wildman–Crippen LogP) is 3.77. The van der Waals surface area contributed by atoms with Crippen LogP contribution in [0.25, 0.3) is 0 Å². The molecule has 1 unspecified atom stereocenters. The van der Waals surface area contributed by atoms with Crippen LogP contribution in [0, 0.1) is 5.92 Å². The highest BCUT2D eigenvalue weighted by molar-refractivity contribution is 5.24. The second-order valence-electron chi connectivity index (χ2n) is 3.18. The molecule has 0 fully saturated rings. The minimum absolute atomic E-state index is 0.117. The molecule has 1 atom stereocenters. The van der Waals surface area contributed by atoms with Crippen molar-refractivity contribution in [3.05, 3.63) is 35.7 Å². The summed E-state index contributed by atoms with van der Waals surface area (Å²) in [6.07, 6.45) is 8.86. The van der Waals surface area contributed by atoms with Crippen molar-refractivity contribution in [1.29, 1.82) is 0 Å². The number of allylic oxidation sites excluding steroid dienone is 6. The van der Waals surface area contributed by atoms with Gasteiger partial charge in [-0.15, -0.1) is 0 Å². The van der Waals surface area contributed by atoms with Crippen LogP contribution in [0.3, 0.4) is 0 Å². The monoisotopic (exact) mass is 166 g/mol. The Morgan fingerprint density at radius 3 is 3.00 bits per heavy atom. The standard InChI is InChI=1S/C11H15F/c1-3-10-5-4-6-11(12)8-7-9(10)2/h4-6,8-9H,3,7H2,1-2H3. The maximum atomic E-state index is 12.8. The Bertz CT molecular complexity index is 233. The summed E-state index contributed by atoms with van der Waals surface area (Å²) in [7, 11) is 0. The zero-order valence-corrected chi connectivity index (χ0v) is 7.68. The van der Waals surface area contributed by atoms with E-state index in [1.54, 1.807) is 12.2 Å². The summed E-state index contributed by atoms with van der Waals surface area (Å²) >= 11 is 0. The molecular formula is C11H15F. The highest BCUT2D eigenvalue weighted by Crippen LogP contribution is 2.21. The Kier molecular flexibility index (Phi) is 3.27. The molecule has 0 saturated carbocycles. The van der Waals surface area contributed by atoms with Crippen molar-refractivity contribution in [3.63, 3.8) is 0 Å². The van der Waals surface area contributed by atoms with E-state index in [1.807, 2.05) is 6.08 Å². The lowest BCUT2D eigenvalue weighted by molar-refractivity contribution is 0.622. The first-order valence-electron chi connectivity index (χ1n) is 4.46. The van der Waals surface area contributed by atoms with Gasteiger partial charge in [0, 0.05) is 0 Å². The van der Waals surface area contributed by atoms with Crippen LogP contribution in [0.4, 0.5) is 4.39 Å². The number of hydrogen-bond donors (Lipinski definition) is 0. The van der Waals surface area contributed by atoms with Crippen LogP contribution in [-0.2, 0) is 0 Å². The van der Waals surface area contributed by atoms with E-state index in [-0.39, 0.29) is 5.83 Å². The quantitative estimate of drug-likeness (QED) is 0.556. The van der Waals surface area contributed by atoms with Crippen molar-refractivity contribution in [1.82, 2.24) is 0 Å². The summed E-state index contributed by atoms with van der Waals surface area (Å²) in [5.41, 5.74) is 1.40. The first-order valence-corrected chi connectivity index (χ1v) is 4.46. The summed E-state index contributed by atoms with van der Waals surface area (Å²) in [4.78, 5) is 0. The molecule has 0 nitrogen and oxygen atoms in total. The summed E-state index contributed by atoms with van der Waals surface area (Å²) < 4.78 is 12.8. The van der Waals surface area contributed by atoms with Gasteiger partial charge in [0.1, 0.15) is 5.83 Å². The van der Waals surface area contributed by atoms with E-state index in [9.17, 15) is 4.39 Å². The Hall–Kier alpha value is -0.850. The number of halogens is 1. The molecule has 1 rings (SSSR count). The molecule has 0 aliphatic heterocycles. The molecule has 0 N–H and O–H groups in total. The molecule has 0 saturated heterocycles. The zero-order valence-electron chi connectivity index (χ0n) is 7.68. The van der Waals surface area contributed by atoms with Gasteiger partial charge in [0.25, 0.3) is 0 Å². The van der Waals surface area contributed by atoms with Gasteiger partial charge in [-0.25, -0.2) is 4.39 Å². The van der Waals surface area contributed by atoms with Crippen LogP contribution in [0.1, 0.15) is 26.7 Å². The molecule has 66 valence electrons. The van der Waals surface area contributed by atoms with E-state index in [4.69, 9.17) is 0 Å². The van der Waals surface area contributed by atoms with E-state index in [0.29, 0.717) is 5.92 Å². The second kappa shape index (κ2) is 4.24. The van der Waals surface area contributed by atoms with Gasteiger partial charge in [0.2, 0.25) is 0 Å². The lowest BCUT2D eigenvalue weighted by Crippen LogP contribution is -1.98. The molecule has 1 heteroatoms. The first-order chi connectivity index (χ1) is 5.74. The van der Waals surface area contributed by atoms with Gasteiger partial charge < -0.3 is 0 Å². The van der Waals surface area contributed by atoms with Crippen LogP contribution in [0.2, 0.25) is 0 Å². The molecule has 0 bridgehead atoms. The third-order valence-corrected chi connectivity index (χ3v) is 2.27. The molecule has 1 aliphatic rings. The van der Waals surface area contributed by atoms with Gasteiger partial charge in [-0.2, -0.15) is 0 Å². The fourth-order valence-electron chi connectivity index (χ4n) is 1.40.